The Bertz CT molecular complexity index is 504. The molecule has 2 aliphatic heterocycles. The molecule has 1 aromatic carbocycles. The number of halogens is 3. The van der Waals surface area contributed by atoms with Gasteiger partial charge in [0.15, 0.2) is 0 Å². The molecule has 3 N–H and O–H groups in total. The topological polar surface area (TPSA) is 49.5 Å². The maximum atomic E-state index is 12.7. The second-order valence-corrected chi connectivity index (χ2v) is 5.69. The van der Waals surface area contributed by atoms with Gasteiger partial charge in [-0.05, 0) is 43.9 Å². The van der Waals surface area contributed by atoms with Gasteiger partial charge in [-0.2, -0.15) is 13.2 Å². The molecule has 2 atom stereocenters. The molecule has 2 heterocycles. The Labute approximate surface area is 115 Å². The number of nitrogens with two attached hydrogens (primary N) is 1. The third kappa shape index (κ3) is 2.22. The Morgan fingerprint density at radius 2 is 1.75 bits per heavy atom. The number of anilines is 2. The number of fused-ring (bicyclic) bond motifs is 2. The number of nitrogens with zero attached hydrogens (tertiary/aromatic N) is 1. The number of benzene rings is 1. The molecule has 3 rings (SSSR count). The number of aliphatic hydroxyl groups is 1. The zero-order valence-corrected chi connectivity index (χ0v) is 10.9. The van der Waals surface area contributed by atoms with Crippen LogP contribution >= 0.6 is 0 Å². The highest BCUT2D eigenvalue weighted by atomic mass is 19.4. The van der Waals surface area contributed by atoms with E-state index in [1.807, 2.05) is 0 Å². The largest absolute Gasteiger partial charge is 0.416 e. The van der Waals surface area contributed by atoms with Gasteiger partial charge in [-0.3, -0.25) is 0 Å². The number of hydrogen-bond acceptors (Lipinski definition) is 3. The van der Waals surface area contributed by atoms with Gasteiger partial charge < -0.3 is 15.7 Å². The van der Waals surface area contributed by atoms with Crippen LogP contribution in [0.5, 0.6) is 0 Å². The first-order chi connectivity index (χ1) is 9.36. The minimum Gasteiger partial charge on any atom is -0.397 e. The quantitative estimate of drug-likeness (QED) is 0.780. The highest BCUT2D eigenvalue weighted by Crippen LogP contribution is 2.42. The Morgan fingerprint density at radius 3 is 2.25 bits per heavy atom. The summed E-state index contributed by atoms with van der Waals surface area (Å²) >= 11 is 0. The number of alkyl halides is 3. The van der Waals surface area contributed by atoms with E-state index >= 15 is 0 Å². The Morgan fingerprint density at radius 1 is 1.15 bits per heavy atom. The predicted octanol–water partition coefficient (Wildman–Crippen LogP) is 2.78. The Balaban J connectivity index is 1.92. The fraction of sp³-hybridized carbons (Fsp3) is 0.571. The fourth-order valence-electron chi connectivity index (χ4n) is 3.51. The van der Waals surface area contributed by atoms with E-state index in [2.05, 4.69) is 4.90 Å². The molecule has 0 amide bonds. The molecule has 2 saturated heterocycles. The monoisotopic (exact) mass is 286 g/mol. The zero-order valence-electron chi connectivity index (χ0n) is 10.9. The summed E-state index contributed by atoms with van der Waals surface area (Å²) in [5, 5.41) is 9.77. The summed E-state index contributed by atoms with van der Waals surface area (Å²) in [4.78, 5) is 2.10. The van der Waals surface area contributed by atoms with Crippen molar-refractivity contribution in [3.63, 3.8) is 0 Å². The number of piperidine rings is 1. The average Bonchev–Trinajstić information content (AvgIpc) is 2.61. The van der Waals surface area contributed by atoms with Crippen LogP contribution in [-0.4, -0.2) is 23.3 Å². The van der Waals surface area contributed by atoms with Gasteiger partial charge in [0.25, 0.3) is 0 Å². The van der Waals surface area contributed by atoms with Crippen LogP contribution < -0.4 is 10.6 Å². The van der Waals surface area contributed by atoms with Gasteiger partial charge >= 0.3 is 6.18 Å². The van der Waals surface area contributed by atoms with Crippen molar-refractivity contribution in [3.05, 3.63) is 23.8 Å². The molecule has 0 saturated carbocycles. The van der Waals surface area contributed by atoms with E-state index in [0.717, 1.165) is 25.0 Å². The van der Waals surface area contributed by atoms with Crippen LogP contribution in [-0.2, 0) is 6.18 Å². The molecule has 0 aromatic heterocycles. The molecule has 0 aliphatic carbocycles. The molecule has 20 heavy (non-hydrogen) atoms. The summed E-state index contributed by atoms with van der Waals surface area (Å²) in [5.41, 5.74) is 5.94. The molecule has 2 bridgehead atoms. The summed E-state index contributed by atoms with van der Waals surface area (Å²) in [7, 11) is 0. The summed E-state index contributed by atoms with van der Waals surface area (Å²) in [6.07, 6.45) is -1.43. The van der Waals surface area contributed by atoms with E-state index in [-0.39, 0.29) is 23.9 Å². The van der Waals surface area contributed by atoms with Crippen LogP contribution in [0.25, 0.3) is 0 Å². The van der Waals surface area contributed by atoms with Crippen molar-refractivity contribution >= 4 is 11.4 Å². The number of hydrogen-bond donors (Lipinski definition) is 2. The SMILES string of the molecule is Nc1cc(C(F)(F)F)ccc1N1C2CCC1CC(O)C2. The third-order valence-corrected chi connectivity index (χ3v) is 4.34. The van der Waals surface area contributed by atoms with Gasteiger partial charge in [0, 0.05) is 12.1 Å². The molecular formula is C14H17F3N2O. The van der Waals surface area contributed by atoms with Crippen molar-refractivity contribution in [2.75, 3.05) is 10.6 Å². The van der Waals surface area contributed by atoms with Crippen LogP contribution in [0.4, 0.5) is 24.5 Å². The van der Waals surface area contributed by atoms with Gasteiger partial charge in [-0.15, -0.1) is 0 Å². The Kier molecular flexibility index (Phi) is 3.08. The van der Waals surface area contributed by atoms with Crippen molar-refractivity contribution in [3.8, 4) is 0 Å². The lowest BCUT2D eigenvalue weighted by Crippen LogP contribution is -2.45. The zero-order chi connectivity index (χ0) is 14.5. The second kappa shape index (κ2) is 4.55. The molecule has 110 valence electrons. The summed E-state index contributed by atoms with van der Waals surface area (Å²) in [6.45, 7) is 0. The molecule has 2 aliphatic rings. The van der Waals surface area contributed by atoms with Crippen LogP contribution in [0.1, 0.15) is 31.2 Å². The minimum absolute atomic E-state index is 0.160. The molecule has 0 radical (unpaired) electrons. The summed E-state index contributed by atoms with van der Waals surface area (Å²) < 4.78 is 38.0. The smallest absolute Gasteiger partial charge is 0.397 e. The number of nitrogen functional groups attached to an aromatic ring is 1. The van der Waals surface area contributed by atoms with Crippen LogP contribution in [0, 0.1) is 0 Å². The van der Waals surface area contributed by atoms with Gasteiger partial charge in [0.2, 0.25) is 0 Å². The molecule has 2 unspecified atom stereocenters. The van der Waals surface area contributed by atoms with Crippen molar-refractivity contribution in [1.29, 1.82) is 0 Å². The van der Waals surface area contributed by atoms with Crippen molar-refractivity contribution in [2.45, 2.75) is 50.0 Å². The summed E-state index contributed by atoms with van der Waals surface area (Å²) in [6, 6.07) is 3.91. The Hall–Kier alpha value is -1.43. The lowest BCUT2D eigenvalue weighted by molar-refractivity contribution is -0.137. The maximum Gasteiger partial charge on any atom is 0.416 e. The van der Waals surface area contributed by atoms with Crippen LogP contribution in [0.3, 0.4) is 0 Å². The number of aliphatic hydroxyl groups excluding tert-OH is 1. The molecular weight excluding hydrogens is 269 g/mol. The number of rotatable bonds is 1. The first-order valence-electron chi connectivity index (χ1n) is 6.79. The van der Waals surface area contributed by atoms with E-state index < -0.39 is 11.7 Å². The van der Waals surface area contributed by atoms with E-state index in [9.17, 15) is 18.3 Å². The van der Waals surface area contributed by atoms with Gasteiger partial charge in [0.1, 0.15) is 0 Å². The molecule has 3 nitrogen and oxygen atoms in total. The normalized spacial score (nSPS) is 29.8. The van der Waals surface area contributed by atoms with Crippen molar-refractivity contribution in [2.24, 2.45) is 0 Å². The maximum absolute atomic E-state index is 12.7. The average molecular weight is 286 g/mol. The van der Waals surface area contributed by atoms with Gasteiger partial charge in [-0.25, -0.2) is 0 Å². The van der Waals surface area contributed by atoms with Crippen LogP contribution in [0.15, 0.2) is 18.2 Å². The van der Waals surface area contributed by atoms with Crippen molar-refractivity contribution in [1.82, 2.24) is 0 Å². The molecule has 6 heteroatoms. The molecule has 2 fully saturated rings. The van der Waals surface area contributed by atoms with E-state index in [4.69, 9.17) is 5.73 Å². The van der Waals surface area contributed by atoms with Crippen LogP contribution in [0.2, 0.25) is 0 Å². The second-order valence-electron chi connectivity index (χ2n) is 5.69. The van der Waals surface area contributed by atoms with Gasteiger partial charge in [0.05, 0.1) is 23.0 Å². The van der Waals surface area contributed by atoms with E-state index in [0.29, 0.717) is 18.5 Å². The third-order valence-electron chi connectivity index (χ3n) is 4.34. The molecule has 1 aromatic rings. The molecule has 0 spiro atoms. The fourth-order valence-corrected chi connectivity index (χ4v) is 3.51. The highest BCUT2D eigenvalue weighted by Gasteiger charge is 2.41. The van der Waals surface area contributed by atoms with E-state index in [1.165, 1.54) is 6.07 Å². The summed E-state index contributed by atoms with van der Waals surface area (Å²) in [5.74, 6) is 0. The lowest BCUT2D eigenvalue weighted by atomic mass is 9.98. The van der Waals surface area contributed by atoms with Crippen molar-refractivity contribution < 1.29 is 18.3 Å². The highest BCUT2D eigenvalue weighted by molar-refractivity contribution is 5.70. The standard InChI is InChI=1S/C14H17F3N2O/c15-14(16,17)8-1-4-13(12(18)5-8)19-9-2-3-10(19)7-11(20)6-9/h1,4-5,9-11,20H,2-3,6-7,18H2. The first-order valence-corrected chi connectivity index (χ1v) is 6.79. The minimum atomic E-state index is -4.37. The first kappa shape index (κ1) is 13.5. The lowest BCUT2D eigenvalue weighted by Gasteiger charge is -2.39. The predicted molar refractivity (Wildman–Crippen MR) is 70.4 cm³/mol. The van der Waals surface area contributed by atoms with Gasteiger partial charge in [-0.1, -0.05) is 0 Å². The van der Waals surface area contributed by atoms with E-state index in [1.54, 1.807) is 0 Å².